The largest absolute Gasteiger partial charge is 0.449 e. The van der Waals surface area contributed by atoms with Gasteiger partial charge in [-0.1, -0.05) is 11.8 Å². The van der Waals surface area contributed by atoms with Crippen molar-refractivity contribution in [3.05, 3.63) is 0 Å². The van der Waals surface area contributed by atoms with E-state index in [0.29, 0.717) is 62.4 Å². The minimum Gasteiger partial charge on any atom is -0.449 e. The van der Waals surface area contributed by atoms with E-state index in [-0.39, 0.29) is 18.5 Å². The van der Waals surface area contributed by atoms with Crippen molar-refractivity contribution in [3.63, 3.8) is 0 Å². The van der Waals surface area contributed by atoms with E-state index in [4.69, 9.17) is 24.7 Å². The van der Waals surface area contributed by atoms with Gasteiger partial charge in [-0.3, -0.25) is 19.0 Å². The molecule has 0 saturated heterocycles. The normalized spacial score (nSPS) is 12.1. The molecule has 0 aromatic heterocycles. The van der Waals surface area contributed by atoms with Gasteiger partial charge in [0.1, 0.15) is 13.2 Å². The highest BCUT2D eigenvalue weighted by atomic mass is 32.2. The molecule has 1 unspecified atom stereocenters. The van der Waals surface area contributed by atoms with Crippen LogP contribution >= 0.6 is 106 Å². The summed E-state index contributed by atoms with van der Waals surface area (Å²) in [4.78, 5) is 41.7. The van der Waals surface area contributed by atoms with Crippen molar-refractivity contribution >= 4 is 140 Å². The van der Waals surface area contributed by atoms with Crippen LogP contribution in [-0.4, -0.2) is 175 Å². The van der Waals surface area contributed by atoms with Crippen molar-refractivity contribution in [2.45, 2.75) is 0 Å². The topological polar surface area (TPSA) is 168 Å². The Morgan fingerprint density at radius 2 is 1.24 bits per heavy atom. The van der Waals surface area contributed by atoms with E-state index in [1.165, 1.54) is 18.2 Å². The average molecular weight is 881 g/mol. The maximum absolute atomic E-state index is 12.1. The standard InChI is InChI=1S/C27H52N4O8S10/c32-5-13-40-15-7-37-26(34)30-3-11-44-24-43-10-2-29-22-49(36)20-19-47-25-46-17-18-48-27(35)31-4-12-45-23-42-9-1-28-21-39-38-8-16-41-14-6-33/h21-22,32-33H,1-20,23-25H2,(H,30,34)(H,31,35). The van der Waals surface area contributed by atoms with Crippen LogP contribution in [0.15, 0.2) is 9.98 Å². The quantitative estimate of drug-likeness (QED) is 0.0170. The van der Waals surface area contributed by atoms with Gasteiger partial charge in [0.25, 0.3) is 5.24 Å². The first kappa shape index (κ1) is 50.1. The second kappa shape index (κ2) is 43.5. The molecule has 0 aliphatic rings. The van der Waals surface area contributed by atoms with Gasteiger partial charge in [-0.25, -0.2) is 4.79 Å². The molecule has 0 fully saturated rings. The van der Waals surface area contributed by atoms with E-state index in [1.54, 1.807) is 99.6 Å². The summed E-state index contributed by atoms with van der Waals surface area (Å²) in [5.41, 5.74) is 1.56. The Morgan fingerprint density at radius 3 is 1.94 bits per heavy atom. The molecule has 0 heterocycles. The van der Waals surface area contributed by atoms with Crippen LogP contribution in [0.1, 0.15) is 0 Å². The fourth-order valence-electron chi connectivity index (χ4n) is 2.62. The van der Waals surface area contributed by atoms with Crippen LogP contribution in [0, 0.1) is 0 Å². The predicted molar refractivity (Wildman–Crippen MR) is 230 cm³/mol. The highest BCUT2D eigenvalue weighted by Gasteiger charge is 2.03. The molecule has 12 nitrogen and oxygen atoms in total. The number of nitrogens with one attached hydrogen (secondary N) is 2. The number of aliphatic imine (C=N–C) groups is 2. The number of aliphatic hydroxyl groups excluding tert-OH is 2. The Balaban J connectivity index is 3.37. The van der Waals surface area contributed by atoms with Crippen LogP contribution in [0.25, 0.3) is 0 Å². The molecule has 0 aliphatic carbocycles. The number of aliphatic hydroxyl groups is 2. The number of hydrogen-bond acceptors (Lipinski definition) is 19. The van der Waals surface area contributed by atoms with Crippen molar-refractivity contribution in [2.24, 2.45) is 9.98 Å². The molecule has 0 aliphatic heterocycles. The first-order valence-electron chi connectivity index (χ1n) is 15.4. The number of alkyl carbamates (subject to hydrolysis) is 1. The van der Waals surface area contributed by atoms with E-state index >= 15 is 0 Å². The minimum atomic E-state index is -1.05. The summed E-state index contributed by atoms with van der Waals surface area (Å²) in [7, 11) is -1.05. The molecular formula is C27H52N4O8S10. The van der Waals surface area contributed by atoms with Gasteiger partial charge < -0.3 is 30.5 Å². The van der Waals surface area contributed by atoms with E-state index < -0.39 is 16.9 Å². The summed E-state index contributed by atoms with van der Waals surface area (Å²) < 4.78 is 17.1. The summed E-state index contributed by atoms with van der Waals surface area (Å²) in [6, 6.07) is 0. The van der Waals surface area contributed by atoms with Crippen molar-refractivity contribution in [1.82, 2.24) is 10.6 Å². The van der Waals surface area contributed by atoms with Gasteiger partial charge in [-0.2, -0.15) is 51.9 Å². The van der Waals surface area contributed by atoms with Crippen molar-refractivity contribution in [3.8, 4) is 0 Å². The lowest BCUT2D eigenvalue weighted by molar-refractivity contribution is -0.210. The third-order valence-electron chi connectivity index (χ3n) is 4.77. The third kappa shape index (κ3) is 43.4. The molecule has 0 aromatic rings. The lowest BCUT2D eigenvalue weighted by Crippen LogP contribution is -2.27. The Labute approximate surface area is 333 Å². The molecule has 4 N–H and O–H groups in total. The van der Waals surface area contributed by atoms with E-state index in [1.807, 2.05) is 0 Å². The number of nitrogens with zero attached hydrogens (tertiary/aromatic N) is 2. The Bertz CT molecular complexity index is 844. The molecule has 288 valence electrons. The summed E-state index contributed by atoms with van der Waals surface area (Å²) in [6.45, 7) is 3.62. The maximum atomic E-state index is 12.1. The highest BCUT2D eigenvalue weighted by Crippen LogP contribution is 2.15. The molecule has 0 aromatic carbocycles. The number of rotatable bonds is 37. The van der Waals surface area contributed by atoms with Gasteiger partial charge in [0.05, 0.1) is 36.1 Å². The molecule has 1 atom stereocenters. The molecule has 0 saturated carbocycles. The fraction of sp³-hybridized carbons (Fsp3) is 0.852. The Morgan fingerprint density at radius 1 is 0.653 bits per heavy atom. The summed E-state index contributed by atoms with van der Waals surface area (Å²) in [5, 5.41) is 25.8. The minimum absolute atomic E-state index is 0.0189. The van der Waals surface area contributed by atoms with Crippen LogP contribution < -0.4 is 10.6 Å². The van der Waals surface area contributed by atoms with Gasteiger partial charge in [0.15, 0.2) is 0 Å². The van der Waals surface area contributed by atoms with Crippen LogP contribution in [0.5, 0.6) is 0 Å². The highest BCUT2D eigenvalue weighted by molar-refractivity contribution is 8.18. The third-order valence-corrected chi connectivity index (χ3v) is 15.9. The number of ether oxygens (including phenoxy) is 1. The van der Waals surface area contributed by atoms with Gasteiger partial charge >= 0.3 is 6.09 Å². The van der Waals surface area contributed by atoms with E-state index in [9.17, 15) is 13.8 Å². The number of thioether (sulfide) groups is 9. The van der Waals surface area contributed by atoms with Gasteiger partial charge in [-0.15, -0.1) is 47.0 Å². The van der Waals surface area contributed by atoms with Crippen molar-refractivity contribution < 1.29 is 38.5 Å². The first-order valence-corrected chi connectivity index (χ1v) is 27.0. The number of carbonyl (C=O) groups is 2. The number of carbonyl (C=O) groups excluding carboxylic acids is 2. The van der Waals surface area contributed by atoms with Crippen LogP contribution in [-0.2, 0) is 25.3 Å². The van der Waals surface area contributed by atoms with Crippen molar-refractivity contribution in [1.29, 1.82) is 0 Å². The lowest BCUT2D eigenvalue weighted by Gasteiger charge is -2.06. The molecule has 0 rings (SSSR count). The van der Waals surface area contributed by atoms with Gasteiger partial charge in [-0.05, 0) is 0 Å². The van der Waals surface area contributed by atoms with E-state index in [0.717, 1.165) is 61.3 Å². The lowest BCUT2D eigenvalue weighted by atomic mass is 10.7. The van der Waals surface area contributed by atoms with Crippen LogP contribution in [0.4, 0.5) is 9.59 Å². The molecule has 0 bridgehead atoms. The zero-order valence-corrected chi connectivity index (χ0v) is 35.9. The smallest absolute Gasteiger partial charge is 0.407 e. The SMILES string of the molecule is O=C(NCCSCSCCN=CS(=O)CCSCSCCSC(=O)NCCSCSCCN=COOCCSCCO)OCCSCCO. The van der Waals surface area contributed by atoms with Crippen LogP contribution in [0.3, 0.4) is 0 Å². The second-order valence-electron chi connectivity index (χ2n) is 8.63. The molecule has 22 heteroatoms. The fourth-order valence-corrected chi connectivity index (χ4v) is 11.6. The molecule has 2 amide bonds. The predicted octanol–water partition coefficient (Wildman–Crippen LogP) is 4.63. The van der Waals surface area contributed by atoms with E-state index in [2.05, 4.69) is 20.6 Å². The van der Waals surface area contributed by atoms with Gasteiger partial charge in [0, 0.05) is 104 Å². The summed E-state index contributed by atoms with van der Waals surface area (Å²) in [5.74, 6) is 9.30. The molecule has 49 heavy (non-hydrogen) atoms. The Kier molecular flexibility index (Phi) is 44.4. The first-order chi connectivity index (χ1) is 24.1. The number of hydrogen-bond donors (Lipinski definition) is 4. The maximum Gasteiger partial charge on any atom is 0.407 e. The summed E-state index contributed by atoms with van der Waals surface area (Å²) >= 11 is 15.1. The van der Waals surface area contributed by atoms with Crippen molar-refractivity contribution in [2.75, 3.05) is 137 Å². The molecule has 0 spiro atoms. The molecular weight excluding hydrogens is 829 g/mol. The zero-order valence-electron chi connectivity index (χ0n) is 27.7. The molecule has 0 radical (unpaired) electrons. The summed E-state index contributed by atoms with van der Waals surface area (Å²) in [6.07, 6.45) is 0.914. The van der Waals surface area contributed by atoms with Crippen LogP contribution in [0.2, 0.25) is 0 Å². The van der Waals surface area contributed by atoms with Gasteiger partial charge in [0.2, 0.25) is 6.40 Å². The zero-order chi connectivity index (χ0) is 35.7. The Hall–Kier alpha value is 1.06. The average Bonchev–Trinajstić information content (AvgIpc) is 3.09. The second-order valence-corrected chi connectivity index (χ2v) is 21.3. The monoisotopic (exact) mass is 880 g/mol. The number of amides is 2.